The van der Waals surface area contributed by atoms with Gasteiger partial charge in [0.2, 0.25) is 11.8 Å². The van der Waals surface area contributed by atoms with E-state index < -0.39 is 28.7 Å². The Morgan fingerprint density at radius 3 is 1.49 bits per heavy atom. The van der Waals surface area contributed by atoms with Crippen LogP contribution in [0.2, 0.25) is 0 Å². The number of hydrogen-bond donors (Lipinski definition) is 0. The van der Waals surface area contributed by atoms with Crippen molar-refractivity contribution in [2.24, 2.45) is 0 Å². The number of esters is 2. The number of rotatable bonds is 8. The molecule has 2 aromatic carbocycles. The Bertz CT molecular complexity index is 2400. The molecule has 0 aliphatic carbocycles. The van der Waals surface area contributed by atoms with Crippen molar-refractivity contribution in [1.29, 1.82) is 5.26 Å². The van der Waals surface area contributed by atoms with E-state index >= 15 is 0 Å². The number of aromatic nitrogens is 4. The van der Waals surface area contributed by atoms with E-state index in [1.165, 1.54) is 6.07 Å². The predicted octanol–water partition coefficient (Wildman–Crippen LogP) is 2.91. The monoisotopic (exact) mass is 877 g/mol. The number of morpholine rings is 2. The number of nitrogens with zero attached hydrogens (tertiary/aromatic N) is 7. The molecule has 4 heterocycles. The van der Waals surface area contributed by atoms with Crippen LogP contribution in [0.15, 0.2) is 50.5 Å². The maximum absolute atomic E-state index is 13.0. The Labute approximate surface area is 348 Å². The first-order chi connectivity index (χ1) is 27.8. The molecule has 59 heavy (non-hydrogen) atoms. The fourth-order valence-corrected chi connectivity index (χ4v) is 6.70. The summed E-state index contributed by atoms with van der Waals surface area (Å²) in [7, 11) is 0. The molecule has 2 fully saturated rings. The zero-order chi connectivity index (χ0) is 43.1. The average Bonchev–Trinajstić information content (AvgIpc) is 3.17. The van der Waals surface area contributed by atoms with Crippen LogP contribution in [0.4, 0.5) is 0 Å². The molecule has 0 N–H and O–H groups in total. The molecular weight excluding hydrogens is 830 g/mol. The smallest absolute Gasteiger partial charge is 0.312 e. The molecule has 4 aromatic rings. The zero-order valence-corrected chi connectivity index (χ0v) is 35.6. The van der Waals surface area contributed by atoms with E-state index in [4.69, 9.17) is 18.9 Å². The van der Waals surface area contributed by atoms with Gasteiger partial charge in [0.25, 0.3) is 11.1 Å². The van der Waals surface area contributed by atoms with Crippen molar-refractivity contribution in [3.63, 3.8) is 0 Å². The summed E-state index contributed by atoms with van der Waals surface area (Å²) in [4.78, 5) is 79.1. The molecule has 17 nitrogen and oxygen atoms in total. The zero-order valence-electron chi connectivity index (χ0n) is 34.0. The summed E-state index contributed by atoms with van der Waals surface area (Å²) in [5.41, 5.74) is -1.14. The first-order valence-corrected chi connectivity index (χ1v) is 19.9. The highest BCUT2D eigenvalue weighted by atomic mass is 79.9. The fourth-order valence-electron chi connectivity index (χ4n) is 6.34. The minimum atomic E-state index is -0.665. The Morgan fingerprint density at radius 2 is 1.08 bits per heavy atom. The molecule has 2 aliphatic rings. The van der Waals surface area contributed by atoms with E-state index in [0.29, 0.717) is 85.7 Å². The molecule has 0 bridgehead atoms. The molecule has 2 saturated heterocycles. The van der Waals surface area contributed by atoms with Crippen molar-refractivity contribution in [1.82, 2.24) is 29.4 Å². The summed E-state index contributed by atoms with van der Waals surface area (Å²) in [6.07, 6.45) is -0.257. The van der Waals surface area contributed by atoms with Gasteiger partial charge < -0.3 is 28.7 Å². The first kappa shape index (κ1) is 44.6. The van der Waals surface area contributed by atoms with Crippen LogP contribution in [-0.4, -0.2) is 117 Å². The van der Waals surface area contributed by atoms with Gasteiger partial charge in [-0.3, -0.25) is 28.8 Å². The average molecular weight is 879 g/mol. The van der Waals surface area contributed by atoms with Gasteiger partial charge in [-0.05, 0) is 65.8 Å². The molecule has 2 aliphatic heterocycles. The number of nitriles is 1. The largest absolute Gasteiger partial charge is 0.460 e. The summed E-state index contributed by atoms with van der Waals surface area (Å²) in [6.45, 7) is 13.9. The molecule has 0 spiro atoms. The van der Waals surface area contributed by atoms with E-state index in [0.717, 1.165) is 13.8 Å². The third kappa shape index (κ3) is 12.3. The summed E-state index contributed by atoms with van der Waals surface area (Å²) in [5.74, 6) is -1.41. The number of ether oxygens (including phenoxy) is 4. The lowest BCUT2D eigenvalue weighted by Gasteiger charge is -2.27. The van der Waals surface area contributed by atoms with Crippen molar-refractivity contribution in [3.05, 3.63) is 78.5 Å². The maximum Gasteiger partial charge on any atom is 0.312 e. The summed E-state index contributed by atoms with van der Waals surface area (Å²) in [6, 6.07) is 11.8. The topological polar surface area (TPSA) is 205 Å². The van der Waals surface area contributed by atoms with Crippen molar-refractivity contribution in [2.75, 3.05) is 52.6 Å². The van der Waals surface area contributed by atoms with Crippen LogP contribution in [0, 0.1) is 11.3 Å². The second-order valence-electron chi connectivity index (χ2n) is 15.9. The van der Waals surface area contributed by atoms with Gasteiger partial charge in [-0.25, -0.2) is 9.36 Å². The molecule has 0 unspecified atom stereocenters. The highest BCUT2D eigenvalue weighted by Gasteiger charge is 2.25. The number of benzene rings is 2. The number of halogens is 1. The van der Waals surface area contributed by atoms with Crippen LogP contribution in [0.3, 0.4) is 0 Å². The normalized spacial score (nSPS) is 14.6. The maximum atomic E-state index is 13.0. The summed E-state index contributed by atoms with van der Waals surface area (Å²) < 4.78 is 24.2. The minimum absolute atomic E-state index is 0.0958. The molecule has 314 valence electrons. The molecular formula is C41H48BrN7O10. The molecule has 2 amide bonds. The van der Waals surface area contributed by atoms with Crippen molar-refractivity contribution in [3.8, 4) is 6.07 Å². The second kappa shape index (κ2) is 19.0. The lowest BCUT2D eigenvalue weighted by Crippen LogP contribution is -2.44. The van der Waals surface area contributed by atoms with Crippen LogP contribution in [0.1, 0.15) is 58.5 Å². The minimum Gasteiger partial charge on any atom is -0.460 e. The third-order valence-corrected chi connectivity index (χ3v) is 9.42. The quantitative estimate of drug-likeness (QED) is 0.234. The summed E-state index contributed by atoms with van der Waals surface area (Å²) in [5, 5.41) is 19.5. The van der Waals surface area contributed by atoms with E-state index in [1.54, 1.807) is 81.7 Å². The number of carbonyl (C=O) groups excluding carboxylic acids is 4. The predicted molar refractivity (Wildman–Crippen MR) is 218 cm³/mol. The van der Waals surface area contributed by atoms with Crippen LogP contribution in [0.25, 0.3) is 21.5 Å². The third-order valence-electron chi connectivity index (χ3n) is 8.93. The van der Waals surface area contributed by atoms with Crippen LogP contribution >= 0.6 is 15.9 Å². The fraction of sp³-hybridized carbons (Fsp3) is 0.488. The van der Waals surface area contributed by atoms with Gasteiger partial charge in [-0.1, -0.05) is 28.1 Å². The van der Waals surface area contributed by atoms with E-state index in [2.05, 4.69) is 26.1 Å². The van der Waals surface area contributed by atoms with Gasteiger partial charge in [-0.15, -0.1) is 0 Å². The SMILES string of the molecule is CC(C)(C)OC(=O)Cc1nn(CC(=O)N2CCOCC2)c(=O)c2cc(Br)ccc12.CC(C)(C)OC(=O)Cc1nn(CC(=O)N2CCOCC2)c(=O)c2cc(C#N)ccc12. The molecule has 0 radical (unpaired) electrons. The highest BCUT2D eigenvalue weighted by molar-refractivity contribution is 9.10. The Morgan fingerprint density at radius 1 is 0.678 bits per heavy atom. The van der Waals surface area contributed by atoms with E-state index in [1.807, 2.05) is 6.07 Å². The number of amides is 2. The molecule has 0 atom stereocenters. The Balaban J connectivity index is 0.000000224. The molecule has 2 aromatic heterocycles. The van der Waals surface area contributed by atoms with Gasteiger partial charge in [-0.2, -0.15) is 15.5 Å². The highest BCUT2D eigenvalue weighted by Crippen LogP contribution is 2.21. The lowest BCUT2D eigenvalue weighted by molar-refractivity contribution is -0.155. The number of fused-ring (bicyclic) bond motifs is 2. The van der Waals surface area contributed by atoms with Gasteiger partial charge in [0.15, 0.2) is 0 Å². The molecule has 18 heteroatoms. The van der Waals surface area contributed by atoms with Gasteiger partial charge >= 0.3 is 11.9 Å². The van der Waals surface area contributed by atoms with E-state index in [9.17, 15) is 34.0 Å². The van der Waals surface area contributed by atoms with E-state index in [-0.39, 0.29) is 48.7 Å². The van der Waals surface area contributed by atoms with Crippen molar-refractivity contribution < 1.29 is 38.1 Å². The molecule has 6 rings (SSSR count). The van der Waals surface area contributed by atoms with Crippen LogP contribution in [-0.2, 0) is 64.1 Å². The second-order valence-corrected chi connectivity index (χ2v) is 16.8. The van der Waals surface area contributed by atoms with Gasteiger partial charge in [0.1, 0.15) is 24.3 Å². The van der Waals surface area contributed by atoms with Gasteiger partial charge in [0.05, 0.1) is 73.1 Å². The first-order valence-electron chi connectivity index (χ1n) is 19.1. The van der Waals surface area contributed by atoms with Gasteiger partial charge in [0, 0.05) is 41.4 Å². The number of carbonyl (C=O) groups is 4. The summed E-state index contributed by atoms with van der Waals surface area (Å²) >= 11 is 3.37. The van der Waals surface area contributed by atoms with Crippen molar-refractivity contribution >= 4 is 61.2 Å². The lowest BCUT2D eigenvalue weighted by atomic mass is 10.1. The number of hydrogen-bond acceptors (Lipinski definition) is 13. The standard InChI is InChI=1S/C21H24N4O5.C20H24BrN3O5/c1-21(2,3)30-19(27)11-17-15-5-4-14(12-22)10-16(15)20(28)25(23-17)13-18(26)24-6-8-29-9-7-24;1-20(2,3)29-18(26)11-16-14-5-4-13(21)10-15(14)19(27)24(22-16)12-17(25)23-6-8-28-9-7-23/h4-5,10H,6-9,11,13H2,1-3H3;4-5,10H,6-9,11-12H2,1-3H3. The molecule has 0 saturated carbocycles. The Hall–Kier alpha value is -5.51. The van der Waals surface area contributed by atoms with Crippen LogP contribution < -0.4 is 11.1 Å². The van der Waals surface area contributed by atoms with Crippen LogP contribution in [0.5, 0.6) is 0 Å². The van der Waals surface area contributed by atoms with Crippen molar-refractivity contribution in [2.45, 2.75) is 78.7 Å². The Kier molecular flexibility index (Phi) is 14.4.